The van der Waals surface area contributed by atoms with Crippen molar-refractivity contribution in [1.82, 2.24) is 9.97 Å². The Hall–Kier alpha value is -2.64. The van der Waals surface area contributed by atoms with E-state index in [2.05, 4.69) is 16.0 Å². The summed E-state index contributed by atoms with van der Waals surface area (Å²) in [5, 5.41) is 11.8. The molecule has 1 aliphatic rings. The van der Waals surface area contributed by atoms with E-state index in [-0.39, 0.29) is 11.5 Å². The number of aromatic nitrogens is 2. The Kier molecular flexibility index (Phi) is 4.28. The SMILES string of the molecule is CCc1cc2ccc(C(C)(C#N)C3CCc4c(Cl)ccnc43)cc2[nH]c1=O. The maximum absolute atomic E-state index is 12.2. The smallest absolute Gasteiger partial charge is 0.251 e. The van der Waals surface area contributed by atoms with Gasteiger partial charge in [-0.05, 0) is 60.9 Å². The van der Waals surface area contributed by atoms with E-state index in [0.717, 1.165) is 51.2 Å². The first kappa shape index (κ1) is 17.8. The summed E-state index contributed by atoms with van der Waals surface area (Å²) in [6, 6.07) is 12.2. The van der Waals surface area contributed by atoms with Crippen LogP contribution in [0, 0.1) is 11.3 Å². The van der Waals surface area contributed by atoms with Crippen molar-refractivity contribution in [2.75, 3.05) is 0 Å². The third-order valence-corrected chi connectivity index (χ3v) is 6.23. The largest absolute Gasteiger partial charge is 0.322 e. The molecule has 0 fully saturated rings. The molecule has 136 valence electrons. The highest BCUT2D eigenvalue weighted by atomic mass is 35.5. The number of fused-ring (bicyclic) bond motifs is 2. The number of nitriles is 1. The van der Waals surface area contributed by atoms with Crippen LogP contribution in [-0.4, -0.2) is 9.97 Å². The quantitative estimate of drug-likeness (QED) is 0.722. The van der Waals surface area contributed by atoms with E-state index in [4.69, 9.17) is 11.6 Å². The van der Waals surface area contributed by atoms with Crippen molar-refractivity contribution in [2.24, 2.45) is 0 Å². The Bertz CT molecular complexity index is 1140. The molecule has 0 spiro atoms. The molecule has 1 N–H and O–H groups in total. The van der Waals surface area contributed by atoms with Crippen LogP contribution in [0.1, 0.15) is 48.6 Å². The summed E-state index contributed by atoms with van der Waals surface area (Å²) in [7, 11) is 0. The van der Waals surface area contributed by atoms with E-state index in [1.807, 2.05) is 38.1 Å². The molecule has 0 saturated heterocycles. The van der Waals surface area contributed by atoms with Crippen LogP contribution in [0.4, 0.5) is 0 Å². The Labute approximate surface area is 162 Å². The average molecular weight is 378 g/mol. The van der Waals surface area contributed by atoms with Gasteiger partial charge in [-0.15, -0.1) is 0 Å². The second-order valence-electron chi connectivity index (χ2n) is 7.34. The van der Waals surface area contributed by atoms with Crippen molar-refractivity contribution in [3.8, 4) is 6.07 Å². The first-order valence-corrected chi connectivity index (χ1v) is 9.56. The van der Waals surface area contributed by atoms with E-state index in [0.29, 0.717) is 6.42 Å². The standard InChI is InChI=1S/C22H20ClN3O/c1-3-13-10-14-4-5-15(11-19(14)26-21(13)27)22(2,12-24)17-7-6-16-18(23)8-9-25-20(16)17/h4-5,8-11,17H,3,6-7H2,1-2H3,(H,26,27). The van der Waals surface area contributed by atoms with Gasteiger partial charge in [-0.3, -0.25) is 9.78 Å². The van der Waals surface area contributed by atoms with E-state index >= 15 is 0 Å². The minimum Gasteiger partial charge on any atom is -0.322 e. The molecule has 1 aromatic carbocycles. The van der Waals surface area contributed by atoms with Crippen LogP contribution < -0.4 is 5.56 Å². The molecule has 0 amide bonds. The molecule has 0 bridgehead atoms. The zero-order chi connectivity index (χ0) is 19.2. The number of rotatable bonds is 3. The summed E-state index contributed by atoms with van der Waals surface area (Å²) < 4.78 is 0. The predicted octanol–water partition coefficient (Wildman–Crippen LogP) is 4.65. The number of nitrogens with zero attached hydrogens (tertiary/aromatic N) is 2. The maximum atomic E-state index is 12.2. The van der Waals surface area contributed by atoms with Crippen LogP contribution in [0.15, 0.2) is 41.3 Å². The van der Waals surface area contributed by atoms with Gasteiger partial charge in [-0.2, -0.15) is 5.26 Å². The number of halogens is 1. The fraction of sp³-hybridized carbons (Fsp3) is 0.318. The Morgan fingerprint density at radius 2 is 2.19 bits per heavy atom. The number of hydrogen-bond acceptors (Lipinski definition) is 3. The van der Waals surface area contributed by atoms with Gasteiger partial charge < -0.3 is 4.98 Å². The molecule has 4 nitrogen and oxygen atoms in total. The third-order valence-electron chi connectivity index (χ3n) is 5.88. The second kappa shape index (κ2) is 6.51. The number of pyridine rings is 2. The summed E-state index contributed by atoms with van der Waals surface area (Å²) in [4.78, 5) is 19.7. The fourth-order valence-electron chi connectivity index (χ4n) is 4.19. The predicted molar refractivity (Wildman–Crippen MR) is 107 cm³/mol. The lowest BCUT2D eigenvalue weighted by Gasteiger charge is -2.29. The minimum atomic E-state index is -0.753. The minimum absolute atomic E-state index is 0.0321. The molecule has 2 aromatic heterocycles. The Balaban J connectivity index is 1.85. The molecule has 2 unspecified atom stereocenters. The molecule has 0 saturated carbocycles. The summed E-state index contributed by atoms with van der Waals surface area (Å²) in [5.74, 6) is -0.0321. The van der Waals surface area contributed by atoms with Gasteiger partial charge in [-0.1, -0.05) is 30.7 Å². The first-order valence-electron chi connectivity index (χ1n) is 9.19. The van der Waals surface area contributed by atoms with Crippen molar-refractivity contribution in [2.45, 2.75) is 44.4 Å². The van der Waals surface area contributed by atoms with Gasteiger partial charge in [0.1, 0.15) is 0 Å². The van der Waals surface area contributed by atoms with Crippen molar-refractivity contribution in [3.63, 3.8) is 0 Å². The number of H-pyrrole nitrogens is 1. The van der Waals surface area contributed by atoms with Gasteiger partial charge in [0.25, 0.3) is 5.56 Å². The van der Waals surface area contributed by atoms with Crippen molar-refractivity contribution in [3.05, 3.63) is 74.3 Å². The van der Waals surface area contributed by atoms with Crippen molar-refractivity contribution >= 4 is 22.5 Å². The van der Waals surface area contributed by atoms with Gasteiger partial charge in [-0.25, -0.2) is 0 Å². The average Bonchev–Trinajstić information content (AvgIpc) is 3.12. The second-order valence-corrected chi connectivity index (χ2v) is 7.75. The molecule has 27 heavy (non-hydrogen) atoms. The molecule has 2 atom stereocenters. The van der Waals surface area contributed by atoms with Crippen LogP contribution in [0.3, 0.4) is 0 Å². The van der Waals surface area contributed by atoms with Gasteiger partial charge in [0.2, 0.25) is 0 Å². The van der Waals surface area contributed by atoms with Crippen LogP contribution in [0.2, 0.25) is 5.02 Å². The summed E-state index contributed by atoms with van der Waals surface area (Å²) >= 11 is 6.34. The highest BCUT2D eigenvalue weighted by Gasteiger charge is 2.42. The molecule has 2 heterocycles. The van der Waals surface area contributed by atoms with E-state index in [1.54, 1.807) is 12.3 Å². The summed E-state index contributed by atoms with van der Waals surface area (Å²) in [6.07, 6.45) is 4.06. The lowest BCUT2D eigenvalue weighted by molar-refractivity contribution is 0.462. The van der Waals surface area contributed by atoms with Crippen LogP contribution in [-0.2, 0) is 18.3 Å². The highest BCUT2D eigenvalue weighted by Crippen LogP contribution is 2.47. The molecule has 5 heteroatoms. The van der Waals surface area contributed by atoms with Crippen LogP contribution in [0.25, 0.3) is 10.9 Å². The van der Waals surface area contributed by atoms with Crippen LogP contribution in [0.5, 0.6) is 0 Å². The van der Waals surface area contributed by atoms with Crippen molar-refractivity contribution < 1.29 is 0 Å². The fourth-order valence-corrected chi connectivity index (χ4v) is 4.44. The lowest BCUT2D eigenvalue weighted by Crippen LogP contribution is -2.28. The first-order chi connectivity index (χ1) is 13.0. The van der Waals surface area contributed by atoms with E-state index in [9.17, 15) is 10.1 Å². The molecular weight excluding hydrogens is 358 g/mol. The number of aryl methyl sites for hydroxylation is 1. The molecule has 4 rings (SSSR count). The number of hydrogen-bond donors (Lipinski definition) is 1. The zero-order valence-corrected chi connectivity index (χ0v) is 16.1. The number of nitrogens with one attached hydrogen (secondary N) is 1. The lowest BCUT2D eigenvalue weighted by atomic mass is 9.71. The number of aromatic amines is 1. The maximum Gasteiger partial charge on any atom is 0.251 e. The summed E-state index contributed by atoms with van der Waals surface area (Å²) in [6.45, 7) is 3.92. The number of benzene rings is 1. The summed E-state index contributed by atoms with van der Waals surface area (Å²) in [5.41, 5.74) is 3.55. The van der Waals surface area contributed by atoms with Gasteiger partial charge in [0, 0.05) is 28.2 Å². The molecule has 3 aromatic rings. The Morgan fingerprint density at radius 3 is 2.93 bits per heavy atom. The van der Waals surface area contributed by atoms with Crippen molar-refractivity contribution in [1.29, 1.82) is 5.26 Å². The topological polar surface area (TPSA) is 69.5 Å². The molecular formula is C22H20ClN3O. The van der Waals surface area contributed by atoms with Gasteiger partial charge in [0.05, 0.1) is 17.2 Å². The van der Waals surface area contributed by atoms with Gasteiger partial charge in [0.15, 0.2) is 0 Å². The molecule has 0 radical (unpaired) electrons. The van der Waals surface area contributed by atoms with Crippen LogP contribution >= 0.6 is 11.6 Å². The van der Waals surface area contributed by atoms with Gasteiger partial charge >= 0.3 is 0 Å². The monoisotopic (exact) mass is 377 g/mol. The molecule has 0 aliphatic heterocycles. The zero-order valence-electron chi connectivity index (χ0n) is 15.3. The third kappa shape index (κ3) is 2.74. The highest BCUT2D eigenvalue weighted by molar-refractivity contribution is 6.31. The normalized spacial score (nSPS) is 18.1. The van der Waals surface area contributed by atoms with E-state index < -0.39 is 5.41 Å². The Morgan fingerprint density at radius 1 is 1.37 bits per heavy atom. The molecule has 1 aliphatic carbocycles. The van der Waals surface area contributed by atoms with E-state index in [1.165, 1.54) is 0 Å².